The fourth-order valence-corrected chi connectivity index (χ4v) is 4.01. The number of nitro groups is 1. The smallest absolute Gasteiger partial charge is 0.273 e. The van der Waals surface area contributed by atoms with E-state index in [-0.39, 0.29) is 23.9 Å². The summed E-state index contributed by atoms with van der Waals surface area (Å²) in [7, 11) is 0. The van der Waals surface area contributed by atoms with Crippen molar-refractivity contribution in [3.63, 3.8) is 0 Å². The van der Waals surface area contributed by atoms with E-state index >= 15 is 0 Å². The van der Waals surface area contributed by atoms with Gasteiger partial charge < -0.3 is 9.73 Å². The van der Waals surface area contributed by atoms with Crippen molar-refractivity contribution in [1.29, 1.82) is 0 Å². The molecule has 0 aliphatic rings. The van der Waals surface area contributed by atoms with Crippen molar-refractivity contribution in [1.82, 2.24) is 10.7 Å². The van der Waals surface area contributed by atoms with Crippen molar-refractivity contribution in [3.8, 4) is 11.3 Å². The van der Waals surface area contributed by atoms with E-state index in [1.165, 1.54) is 23.6 Å². The molecule has 0 saturated carbocycles. The number of hydrogen-bond acceptors (Lipinski definition) is 7. The lowest BCUT2D eigenvalue weighted by atomic mass is 10.0. The van der Waals surface area contributed by atoms with Crippen LogP contribution in [0.3, 0.4) is 0 Å². The average molecular weight is 483 g/mol. The molecule has 3 rings (SSSR count). The predicted octanol–water partition coefficient (Wildman–Crippen LogP) is 4.37. The summed E-state index contributed by atoms with van der Waals surface area (Å²) < 4.78 is 5.72. The van der Waals surface area contributed by atoms with E-state index in [2.05, 4.69) is 15.8 Å². The van der Waals surface area contributed by atoms with E-state index in [9.17, 15) is 19.7 Å². The maximum Gasteiger partial charge on any atom is 0.273 e. The van der Waals surface area contributed by atoms with Crippen LogP contribution in [0.2, 0.25) is 0 Å². The van der Waals surface area contributed by atoms with Gasteiger partial charge in [0.15, 0.2) is 0 Å². The van der Waals surface area contributed by atoms with Gasteiger partial charge in [0.2, 0.25) is 5.91 Å². The number of hydrogen-bond donors (Lipinski definition) is 2. The summed E-state index contributed by atoms with van der Waals surface area (Å²) in [6.45, 7) is 7.17. The van der Waals surface area contributed by atoms with Crippen LogP contribution in [0.25, 0.3) is 11.3 Å². The van der Waals surface area contributed by atoms with Gasteiger partial charge in [-0.3, -0.25) is 19.7 Å². The molecule has 0 fully saturated rings. The third kappa shape index (κ3) is 6.16. The molecule has 1 aromatic carbocycles. The Bertz CT molecular complexity index is 1210. The van der Waals surface area contributed by atoms with Gasteiger partial charge in [0.1, 0.15) is 17.6 Å². The second-order valence-corrected chi connectivity index (χ2v) is 9.21. The largest absolute Gasteiger partial charge is 0.455 e. The molecule has 0 aliphatic carbocycles. The molecule has 178 valence electrons. The zero-order valence-electron chi connectivity index (χ0n) is 19.3. The Hall–Kier alpha value is -3.79. The minimum atomic E-state index is -0.743. The number of furan rings is 1. The third-order valence-corrected chi connectivity index (χ3v) is 6.17. The highest BCUT2D eigenvalue weighted by molar-refractivity contribution is 7.10. The Morgan fingerprint density at radius 3 is 2.65 bits per heavy atom. The van der Waals surface area contributed by atoms with Crippen molar-refractivity contribution in [2.45, 2.75) is 40.2 Å². The van der Waals surface area contributed by atoms with E-state index in [1.807, 2.05) is 37.4 Å². The minimum absolute atomic E-state index is 0.0229. The molecule has 0 unspecified atom stereocenters. The van der Waals surface area contributed by atoms with Gasteiger partial charge in [0.25, 0.3) is 11.6 Å². The van der Waals surface area contributed by atoms with Crippen molar-refractivity contribution in [3.05, 3.63) is 73.7 Å². The molecule has 0 saturated heterocycles. The van der Waals surface area contributed by atoms with E-state index in [0.717, 1.165) is 10.4 Å². The molecule has 2 N–H and O–H groups in total. The fraction of sp³-hybridized carbons (Fsp3) is 0.292. The number of nitrogens with one attached hydrogen (secondary N) is 2. The monoisotopic (exact) mass is 482 g/mol. The van der Waals surface area contributed by atoms with Crippen LogP contribution in [-0.2, 0) is 16.0 Å². The highest BCUT2D eigenvalue weighted by Gasteiger charge is 2.24. The van der Waals surface area contributed by atoms with E-state index in [1.54, 1.807) is 26.0 Å². The average Bonchev–Trinajstić information content (AvgIpc) is 3.45. The van der Waals surface area contributed by atoms with Gasteiger partial charge in [-0.05, 0) is 55.0 Å². The van der Waals surface area contributed by atoms with Crippen molar-refractivity contribution in [2.24, 2.45) is 11.0 Å². The van der Waals surface area contributed by atoms with Gasteiger partial charge in [-0.1, -0.05) is 19.9 Å². The summed E-state index contributed by atoms with van der Waals surface area (Å²) in [5.74, 6) is -0.0158. The van der Waals surface area contributed by atoms with Crippen molar-refractivity contribution >= 4 is 35.1 Å². The van der Waals surface area contributed by atoms with Gasteiger partial charge >= 0.3 is 0 Å². The van der Waals surface area contributed by atoms with E-state index in [0.29, 0.717) is 22.6 Å². The predicted molar refractivity (Wildman–Crippen MR) is 131 cm³/mol. The van der Waals surface area contributed by atoms with Crippen LogP contribution in [0.15, 0.2) is 51.3 Å². The summed E-state index contributed by atoms with van der Waals surface area (Å²) in [5, 5.41) is 19.9. The molecule has 9 nitrogen and oxygen atoms in total. The zero-order valence-corrected chi connectivity index (χ0v) is 20.1. The standard InChI is InChI=1S/C24H26N4O5S/c1-14(2)23(26-22(29)12-19-6-5-9-34-19)24(30)27-25-13-18-7-8-21(33-18)17-10-15(3)16(4)20(11-17)28(31)32/h5-11,13-14,23H,12H2,1-4H3,(H,26,29)(H,27,30)/t23-/m1/s1. The highest BCUT2D eigenvalue weighted by atomic mass is 32.1. The second-order valence-electron chi connectivity index (χ2n) is 8.18. The molecule has 0 radical (unpaired) electrons. The maximum atomic E-state index is 12.6. The number of carbonyl (C=O) groups is 2. The Labute approximate surface area is 201 Å². The summed E-state index contributed by atoms with van der Waals surface area (Å²) in [5.41, 5.74) is 4.42. The first-order valence-electron chi connectivity index (χ1n) is 10.7. The van der Waals surface area contributed by atoms with Crippen molar-refractivity contribution in [2.75, 3.05) is 0 Å². The van der Waals surface area contributed by atoms with Crippen LogP contribution >= 0.6 is 11.3 Å². The molecule has 2 amide bonds. The molecule has 2 heterocycles. The number of nitro benzene ring substituents is 1. The summed E-state index contributed by atoms with van der Waals surface area (Å²) in [4.78, 5) is 36.7. The molecule has 0 spiro atoms. The maximum absolute atomic E-state index is 12.6. The first-order chi connectivity index (χ1) is 16.2. The lowest BCUT2D eigenvalue weighted by Gasteiger charge is -2.20. The number of hydrazone groups is 1. The molecule has 10 heteroatoms. The number of thiophene rings is 1. The molecule has 1 atom stereocenters. The third-order valence-electron chi connectivity index (χ3n) is 5.29. The minimum Gasteiger partial charge on any atom is -0.455 e. The summed E-state index contributed by atoms with van der Waals surface area (Å²) in [6.07, 6.45) is 1.55. The van der Waals surface area contributed by atoms with Crippen LogP contribution in [0, 0.1) is 29.9 Å². The Balaban J connectivity index is 1.64. The number of nitrogens with zero attached hydrogens (tertiary/aromatic N) is 2. The molecular weight excluding hydrogens is 456 g/mol. The number of carbonyl (C=O) groups excluding carboxylic acids is 2. The van der Waals surface area contributed by atoms with Gasteiger partial charge in [-0.25, -0.2) is 5.43 Å². The quantitative estimate of drug-likeness (QED) is 0.266. The number of amides is 2. The molecule has 34 heavy (non-hydrogen) atoms. The Kier molecular flexibility index (Phi) is 7.95. The highest BCUT2D eigenvalue weighted by Crippen LogP contribution is 2.30. The normalized spacial score (nSPS) is 12.1. The first kappa shape index (κ1) is 24.8. The number of benzene rings is 1. The molecular formula is C24H26N4O5S. The van der Waals surface area contributed by atoms with Gasteiger partial charge in [0, 0.05) is 22.1 Å². The Morgan fingerprint density at radius 1 is 1.24 bits per heavy atom. The van der Waals surface area contributed by atoms with E-state index in [4.69, 9.17) is 4.42 Å². The summed E-state index contributed by atoms with van der Waals surface area (Å²) >= 11 is 1.48. The topological polar surface area (TPSA) is 127 Å². The number of rotatable bonds is 9. The lowest BCUT2D eigenvalue weighted by molar-refractivity contribution is -0.385. The van der Waals surface area contributed by atoms with Crippen LogP contribution in [0.1, 0.15) is 35.6 Å². The molecule has 0 aliphatic heterocycles. The van der Waals surface area contributed by atoms with Gasteiger partial charge in [-0.2, -0.15) is 5.10 Å². The molecule has 0 bridgehead atoms. The summed E-state index contributed by atoms with van der Waals surface area (Å²) in [6, 6.07) is 9.61. The zero-order chi connectivity index (χ0) is 24.8. The van der Waals surface area contributed by atoms with Gasteiger partial charge in [0.05, 0.1) is 17.6 Å². The SMILES string of the molecule is Cc1cc(-c2ccc(C=NNC(=O)[C@H](NC(=O)Cc3cccs3)C(C)C)o2)cc([N+](=O)[O-])c1C. The second kappa shape index (κ2) is 10.9. The number of aryl methyl sites for hydroxylation is 1. The van der Waals surface area contributed by atoms with Gasteiger partial charge in [-0.15, -0.1) is 11.3 Å². The van der Waals surface area contributed by atoms with Crippen molar-refractivity contribution < 1.29 is 18.9 Å². The molecule has 3 aromatic rings. The van der Waals surface area contributed by atoms with Crippen LogP contribution in [0.5, 0.6) is 0 Å². The Morgan fingerprint density at radius 2 is 2.00 bits per heavy atom. The first-order valence-corrected chi connectivity index (χ1v) is 11.5. The fourth-order valence-electron chi connectivity index (χ4n) is 3.31. The van der Waals surface area contributed by atoms with Crippen LogP contribution < -0.4 is 10.7 Å². The van der Waals surface area contributed by atoms with Crippen LogP contribution in [0.4, 0.5) is 5.69 Å². The van der Waals surface area contributed by atoms with E-state index < -0.39 is 16.9 Å². The molecule has 2 aromatic heterocycles. The lowest BCUT2D eigenvalue weighted by Crippen LogP contribution is -2.49. The van der Waals surface area contributed by atoms with Crippen LogP contribution in [-0.4, -0.2) is 29.0 Å².